The topological polar surface area (TPSA) is 0 Å². The Kier molecular flexibility index (Phi) is 9.02. The molecule has 0 nitrogen and oxygen atoms in total. The summed E-state index contributed by atoms with van der Waals surface area (Å²) >= 11 is -3.26. The molecule has 0 saturated heterocycles. The third-order valence-corrected chi connectivity index (χ3v) is 24.2. The van der Waals surface area contributed by atoms with Crippen molar-refractivity contribution in [1.29, 1.82) is 0 Å². The minimum atomic E-state index is -3.26. The van der Waals surface area contributed by atoms with Crippen LogP contribution < -0.4 is 0 Å². The van der Waals surface area contributed by atoms with Gasteiger partial charge in [-0.15, -0.1) is 24.8 Å². The second-order valence-corrected chi connectivity index (χ2v) is 38.5. The smallest absolute Gasteiger partial charge is 0.147 e. The predicted octanol–water partition coefficient (Wildman–Crippen LogP) is 8.47. The third-order valence-electron chi connectivity index (χ3n) is 7.19. The number of rotatable bonds is 6. The van der Waals surface area contributed by atoms with Crippen molar-refractivity contribution in [2.75, 3.05) is 0 Å². The van der Waals surface area contributed by atoms with Gasteiger partial charge in [-0.25, -0.2) is 0 Å². The maximum atomic E-state index is 2.69. The molecule has 0 unspecified atom stereocenters. The standard InChI is InChI=1S/2C13H13.2CH3.2ClH.H2Si.Zr/c2*1-2-11-8-9-13(10-11)12-6-4-3-5-7-12;;;;;;/h2*3-7,10H,2,9H2,1H3;2*1H3;2*1H;1H2;. The van der Waals surface area contributed by atoms with Crippen LogP contribution in [0.3, 0.4) is 0 Å². The van der Waals surface area contributed by atoms with E-state index in [0.29, 0.717) is 0 Å². The second-order valence-electron chi connectivity index (χ2n) is 9.83. The summed E-state index contributed by atoms with van der Waals surface area (Å²) in [5, 5.41) is 0. The summed E-state index contributed by atoms with van der Waals surface area (Å²) < 4.78 is 9.03. The van der Waals surface area contributed by atoms with Crippen LogP contribution in [-0.2, 0) is 17.4 Å². The molecule has 4 heteroatoms. The summed E-state index contributed by atoms with van der Waals surface area (Å²) in [4.78, 5) is 0. The van der Waals surface area contributed by atoms with Gasteiger partial charge >= 0.3 is 186 Å². The van der Waals surface area contributed by atoms with Gasteiger partial charge in [0.15, 0.2) is 0 Å². The molecule has 0 heterocycles. The Bertz CT molecular complexity index is 1070. The fourth-order valence-corrected chi connectivity index (χ4v) is 20.5. The van der Waals surface area contributed by atoms with Gasteiger partial charge in [0.2, 0.25) is 0 Å². The minimum Gasteiger partial charge on any atom is -0.147 e. The van der Waals surface area contributed by atoms with E-state index in [2.05, 4.69) is 103 Å². The Balaban J connectivity index is 0.00000181. The summed E-state index contributed by atoms with van der Waals surface area (Å²) in [6.07, 6.45) is 9.62. The quantitative estimate of drug-likeness (QED) is 0.310. The summed E-state index contributed by atoms with van der Waals surface area (Å²) in [6, 6.07) is 22.0. The summed E-state index contributed by atoms with van der Waals surface area (Å²) in [6.45, 7) is 7.09. The zero-order valence-corrected chi connectivity index (χ0v) is 25.3. The molecule has 4 rings (SSSR count). The SMILES string of the molecule is CCC1=[C]([Zr]([CH3])([CH3])(=[SiH2])[C]2=C(CC)C=C(c3ccccc3)C2)CC(c2ccccc2)=C1.Cl.Cl. The molecule has 0 radical (unpaired) electrons. The molecular weight excluding hydrogens is 527 g/mol. The van der Waals surface area contributed by atoms with E-state index in [1.54, 1.807) is 11.1 Å². The van der Waals surface area contributed by atoms with Crippen molar-refractivity contribution >= 4 is 42.8 Å². The average molecular weight is 563 g/mol. The maximum absolute atomic E-state index is 3.26. The van der Waals surface area contributed by atoms with Gasteiger partial charge in [-0.1, -0.05) is 0 Å². The Morgan fingerprint density at radius 1 is 0.656 bits per heavy atom. The van der Waals surface area contributed by atoms with Crippen LogP contribution in [0.2, 0.25) is 9.26 Å². The van der Waals surface area contributed by atoms with E-state index in [1.165, 1.54) is 22.3 Å². The monoisotopic (exact) mass is 560 g/mol. The van der Waals surface area contributed by atoms with E-state index in [9.17, 15) is 0 Å². The Morgan fingerprint density at radius 2 is 1.00 bits per heavy atom. The van der Waals surface area contributed by atoms with Crippen LogP contribution in [0.5, 0.6) is 0 Å². The molecule has 0 amide bonds. The molecule has 0 spiro atoms. The summed E-state index contributed by atoms with van der Waals surface area (Å²) in [5.74, 6) is 0. The van der Waals surface area contributed by atoms with Gasteiger partial charge in [-0.3, -0.25) is 0 Å². The fourth-order valence-electron chi connectivity index (χ4n) is 5.39. The Morgan fingerprint density at radius 3 is 1.31 bits per heavy atom. The van der Waals surface area contributed by atoms with Crippen LogP contribution in [0, 0.1) is 0 Å². The molecule has 2 aliphatic rings. The number of hydrogen-bond acceptors (Lipinski definition) is 0. The van der Waals surface area contributed by atoms with E-state index in [0.717, 1.165) is 25.7 Å². The van der Waals surface area contributed by atoms with Crippen LogP contribution >= 0.6 is 24.8 Å². The van der Waals surface area contributed by atoms with E-state index in [4.69, 9.17) is 0 Å². The molecule has 0 N–H and O–H groups in total. The van der Waals surface area contributed by atoms with Crippen LogP contribution in [0.25, 0.3) is 11.1 Å². The predicted molar refractivity (Wildman–Crippen MR) is 147 cm³/mol. The van der Waals surface area contributed by atoms with Crippen LogP contribution in [0.4, 0.5) is 0 Å². The van der Waals surface area contributed by atoms with Gasteiger partial charge in [0.25, 0.3) is 0 Å². The van der Waals surface area contributed by atoms with Gasteiger partial charge in [-0.2, -0.15) is 0 Å². The molecular formula is C28H36Cl2SiZr. The molecule has 2 aromatic rings. The van der Waals surface area contributed by atoms with Gasteiger partial charge in [0, 0.05) is 0 Å². The normalized spacial score (nSPS) is 16.4. The first-order chi connectivity index (χ1) is 14.3. The third kappa shape index (κ3) is 5.10. The van der Waals surface area contributed by atoms with Gasteiger partial charge in [0.1, 0.15) is 0 Å². The first-order valence-electron chi connectivity index (χ1n) is 11.4. The molecule has 32 heavy (non-hydrogen) atoms. The Labute approximate surface area is 209 Å². The molecule has 170 valence electrons. The first kappa shape index (κ1) is 27.3. The van der Waals surface area contributed by atoms with Crippen molar-refractivity contribution < 1.29 is 17.4 Å². The molecule has 0 bridgehead atoms. The minimum absolute atomic E-state index is 0. The van der Waals surface area contributed by atoms with Crippen molar-refractivity contribution in [1.82, 2.24) is 0 Å². The zero-order valence-electron chi connectivity index (χ0n) is 19.8. The number of halogens is 2. The fraction of sp³-hybridized carbons (Fsp3) is 0.286. The zero-order chi connectivity index (χ0) is 21.4. The van der Waals surface area contributed by atoms with Gasteiger partial charge < -0.3 is 0 Å². The first-order valence-corrected chi connectivity index (χ1v) is 24.7. The van der Waals surface area contributed by atoms with Crippen molar-refractivity contribution in [3.8, 4) is 0 Å². The second kappa shape index (κ2) is 10.6. The molecule has 0 fully saturated rings. The summed E-state index contributed by atoms with van der Waals surface area (Å²) in [7, 11) is 0. The van der Waals surface area contributed by atoms with E-state index in [-0.39, 0.29) is 24.8 Å². The molecule has 2 aromatic carbocycles. The van der Waals surface area contributed by atoms with E-state index >= 15 is 0 Å². The van der Waals surface area contributed by atoms with Crippen molar-refractivity contribution in [2.24, 2.45) is 0 Å². The van der Waals surface area contributed by atoms with E-state index in [1.807, 2.05) is 6.56 Å². The van der Waals surface area contributed by atoms with Gasteiger partial charge in [0.05, 0.1) is 0 Å². The molecule has 0 atom stereocenters. The van der Waals surface area contributed by atoms with Gasteiger partial charge in [-0.05, 0) is 0 Å². The number of benzene rings is 2. The molecule has 0 saturated carbocycles. The van der Waals surface area contributed by atoms with Crippen LogP contribution in [0.15, 0.2) is 90.5 Å². The van der Waals surface area contributed by atoms with Crippen molar-refractivity contribution in [2.45, 2.75) is 48.8 Å². The molecule has 0 aromatic heterocycles. The van der Waals surface area contributed by atoms with Crippen molar-refractivity contribution in [3.05, 3.63) is 102 Å². The van der Waals surface area contributed by atoms with E-state index < -0.39 is 17.4 Å². The maximum Gasteiger partial charge on any atom is -0.147 e. The largest absolute Gasteiger partial charge is 0.147 e. The number of hydrogen-bond donors (Lipinski definition) is 0. The van der Waals surface area contributed by atoms with Crippen molar-refractivity contribution in [3.63, 3.8) is 0 Å². The van der Waals surface area contributed by atoms with Crippen LogP contribution in [0.1, 0.15) is 50.7 Å². The summed E-state index contributed by atoms with van der Waals surface area (Å²) in [5.41, 5.74) is 9.07. The Hall–Kier alpha value is -0.920. The molecule has 0 aliphatic heterocycles. The molecule has 2 aliphatic carbocycles. The van der Waals surface area contributed by atoms with Crippen LogP contribution in [-0.4, -0.2) is 6.88 Å². The number of allylic oxidation sites excluding steroid dienone is 8. The average Bonchev–Trinajstić information content (AvgIpc) is 3.41.